The van der Waals surface area contributed by atoms with Crippen LogP contribution < -0.4 is 5.32 Å². The van der Waals surface area contributed by atoms with Crippen LogP contribution in [-0.4, -0.2) is 36.1 Å². The highest BCUT2D eigenvalue weighted by molar-refractivity contribution is 7.09. The van der Waals surface area contributed by atoms with Gasteiger partial charge in [0.25, 0.3) is 5.91 Å². The number of anilines is 1. The van der Waals surface area contributed by atoms with Gasteiger partial charge in [-0.05, 0) is 17.5 Å². The normalized spacial score (nSPS) is 10.8. The van der Waals surface area contributed by atoms with Crippen LogP contribution in [0.5, 0.6) is 0 Å². The Labute approximate surface area is 139 Å². The summed E-state index contributed by atoms with van der Waals surface area (Å²) in [6.45, 7) is 0.573. The van der Waals surface area contributed by atoms with Gasteiger partial charge in [0.1, 0.15) is 6.26 Å². The molecule has 0 bridgehead atoms. The summed E-state index contributed by atoms with van der Waals surface area (Å²) in [5, 5.41) is 19.1. The molecule has 4 aromatic rings. The second kappa shape index (κ2) is 6.08. The van der Waals surface area contributed by atoms with E-state index in [1.165, 1.54) is 12.5 Å². The number of carbonyl (C=O) groups excluding carboxylic acids is 1. The smallest absolute Gasteiger partial charge is 0.280 e. The van der Waals surface area contributed by atoms with Crippen LogP contribution in [0.15, 0.2) is 46.7 Å². The highest BCUT2D eigenvalue weighted by Gasteiger charge is 2.14. The Morgan fingerprint density at radius 3 is 3.17 bits per heavy atom. The van der Waals surface area contributed by atoms with Crippen LogP contribution in [0, 0.1) is 0 Å². The maximum Gasteiger partial charge on any atom is 0.280 e. The molecule has 10 heteroatoms. The van der Waals surface area contributed by atoms with Crippen LogP contribution >= 0.6 is 11.3 Å². The van der Waals surface area contributed by atoms with Crippen molar-refractivity contribution in [3.63, 3.8) is 0 Å². The van der Waals surface area contributed by atoms with Crippen LogP contribution in [0.25, 0.3) is 11.4 Å². The molecule has 0 aromatic carbocycles. The second-order valence-corrected chi connectivity index (χ2v) is 5.89. The number of amides is 1. The molecule has 120 valence electrons. The molecule has 1 amide bonds. The predicted octanol–water partition coefficient (Wildman–Crippen LogP) is 2.02. The largest absolute Gasteiger partial charge is 0.472 e. The monoisotopic (exact) mass is 341 g/mol. The third-order valence-electron chi connectivity index (χ3n) is 3.17. The Morgan fingerprint density at radius 2 is 2.38 bits per heavy atom. The van der Waals surface area contributed by atoms with E-state index in [-0.39, 0.29) is 11.6 Å². The molecular weight excluding hydrogens is 330 g/mol. The highest BCUT2D eigenvalue weighted by atomic mass is 32.1. The van der Waals surface area contributed by atoms with E-state index in [1.807, 2.05) is 17.5 Å². The molecule has 0 fully saturated rings. The minimum Gasteiger partial charge on any atom is -0.472 e. The number of nitrogens with one attached hydrogen (secondary N) is 2. The van der Waals surface area contributed by atoms with Crippen LogP contribution in [0.3, 0.4) is 0 Å². The summed E-state index contributed by atoms with van der Waals surface area (Å²) in [5.41, 5.74) is 0.936. The number of thiophene rings is 1. The summed E-state index contributed by atoms with van der Waals surface area (Å²) in [5.74, 6) is 0.231. The first kappa shape index (κ1) is 14.3. The quantitative estimate of drug-likeness (QED) is 0.574. The molecule has 0 aliphatic rings. The second-order valence-electron chi connectivity index (χ2n) is 4.85. The number of aromatic nitrogens is 6. The van der Waals surface area contributed by atoms with Crippen molar-refractivity contribution in [3.8, 4) is 11.4 Å². The lowest BCUT2D eigenvalue weighted by atomic mass is 10.3. The third-order valence-corrected chi connectivity index (χ3v) is 4.04. The molecule has 9 nitrogen and oxygen atoms in total. The molecule has 0 saturated heterocycles. The van der Waals surface area contributed by atoms with Gasteiger partial charge in [0, 0.05) is 4.88 Å². The van der Waals surface area contributed by atoms with E-state index in [2.05, 4.69) is 30.8 Å². The van der Waals surface area contributed by atoms with Gasteiger partial charge in [-0.25, -0.2) is 4.68 Å². The molecule has 24 heavy (non-hydrogen) atoms. The van der Waals surface area contributed by atoms with Gasteiger partial charge in [-0.2, -0.15) is 4.98 Å². The Kier molecular flexibility index (Phi) is 3.63. The highest BCUT2D eigenvalue weighted by Crippen LogP contribution is 2.16. The van der Waals surface area contributed by atoms with E-state index < -0.39 is 5.91 Å². The first-order valence-electron chi connectivity index (χ1n) is 6.97. The Bertz CT molecular complexity index is 940. The zero-order chi connectivity index (χ0) is 16.4. The Hall–Kier alpha value is -3.27. The first-order valence-corrected chi connectivity index (χ1v) is 7.85. The van der Waals surface area contributed by atoms with Crippen molar-refractivity contribution >= 4 is 23.2 Å². The van der Waals surface area contributed by atoms with Gasteiger partial charge < -0.3 is 4.42 Å². The topological polar surface area (TPSA) is 115 Å². The molecule has 0 spiro atoms. The van der Waals surface area contributed by atoms with E-state index in [4.69, 9.17) is 4.42 Å². The summed E-state index contributed by atoms with van der Waals surface area (Å²) in [6.07, 6.45) is 4.64. The SMILES string of the molecule is O=C(Nc1n[nH]c(-c2ccoc2)n1)c1cn(Cc2cccs2)nn1. The Balaban J connectivity index is 1.44. The van der Waals surface area contributed by atoms with Crippen LogP contribution in [-0.2, 0) is 6.54 Å². The van der Waals surface area contributed by atoms with Gasteiger partial charge in [-0.15, -0.1) is 21.5 Å². The minimum absolute atomic E-state index is 0.156. The number of furan rings is 1. The number of H-pyrrole nitrogens is 1. The molecule has 4 heterocycles. The molecule has 0 atom stereocenters. The van der Waals surface area contributed by atoms with Crippen molar-refractivity contribution in [2.75, 3.05) is 5.32 Å². The van der Waals surface area contributed by atoms with Gasteiger partial charge in [0.05, 0.1) is 24.6 Å². The first-order chi connectivity index (χ1) is 11.8. The van der Waals surface area contributed by atoms with E-state index in [0.29, 0.717) is 12.4 Å². The average molecular weight is 341 g/mol. The van der Waals surface area contributed by atoms with Crippen molar-refractivity contribution in [2.24, 2.45) is 0 Å². The van der Waals surface area contributed by atoms with Crippen LogP contribution in [0.2, 0.25) is 0 Å². The fraction of sp³-hybridized carbons (Fsp3) is 0.0714. The number of rotatable bonds is 5. The number of hydrogen-bond donors (Lipinski definition) is 2. The van der Waals surface area contributed by atoms with E-state index in [9.17, 15) is 4.79 Å². The summed E-state index contributed by atoms with van der Waals surface area (Å²) in [6, 6.07) is 5.70. The van der Waals surface area contributed by atoms with Crippen LogP contribution in [0.1, 0.15) is 15.4 Å². The summed E-state index contributed by atoms with van der Waals surface area (Å²) >= 11 is 1.62. The molecule has 2 N–H and O–H groups in total. The van der Waals surface area contributed by atoms with Crippen LogP contribution in [0.4, 0.5) is 5.95 Å². The molecule has 4 aromatic heterocycles. The van der Waals surface area contributed by atoms with E-state index in [1.54, 1.807) is 28.3 Å². The van der Waals surface area contributed by atoms with Gasteiger partial charge in [-0.3, -0.25) is 15.2 Å². The zero-order valence-electron chi connectivity index (χ0n) is 12.2. The maximum atomic E-state index is 12.2. The number of carbonyl (C=O) groups is 1. The molecule has 0 radical (unpaired) electrons. The van der Waals surface area contributed by atoms with E-state index >= 15 is 0 Å². The van der Waals surface area contributed by atoms with Gasteiger partial charge >= 0.3 is 0 Å². The van der Waals surface area contributed by atoms with Gasteiger partial charge in [0.2, 0.25) is 5.95 Å². The predicted molar refractivity (Wildman–Crippen MR) is 85.5 cm³/mol. The molecule has 0 aliphatic carbocycles. The number of hydrogen-bond acceptors (Lipinski definition) is 7. The summed E-state index contributed by atoms with van der Waals surface area (Å²) in [7, 11) is 0. The fourth-order valence-electron chi connectivity index (χ4n) is 2.05. The third kappa shape index (κ3) is 2.94. The van der Waals surface area contributed by atoms with Crippen molar-refractivity contribution in [3.05, 3.63) is 52.9 Å². The lowest BCUT2D eigenvalue weighted by Crippen LogP contribution is -2.13. The van der Waals surface area contributed by atoms with E-state index in [0.717, 1.165) is 10.4 Å². The summed E-state index contributed by atoms with van der Waals surface area (Å²) in [4.78, 5) is 17.5. The molecule has 0 unspecified atom stereocenters. The standard InChI is InChI=1S/C14H11N7O2S/c22-13(11-7-21(20-17-11)6-10-2-1-5-24-10)16-14-15-12(18-19-14)9-3-4-23-8-9/h1-5,7-8H,6H2,(H2,15,16,18,19,22). The van der Waals surface area contributed by atoms with Gasteiger partial charge in [0.15, 0.2) is 11.5 Å². The van der Waals surface area contributed by atoms with Crippen molar-refractivity contribution in [1.29, 1.82) is 0 Å². The number of aromatic amines is 1. The van der Waals surface area contributed by atoms with Gasteiger partial charge in [-0.1, -0.05) is 11.3 Å². The molecule has 0 aliphatic heterocycles. The molecule has 0 saturated carbocycles. The summed E-state index contributed by atoms with van der Waals surface area (Å²) < 4.78 is 6.59. The van der Waals surface area contributed by atoms with Crippen molar-refractivity contribution in [2.45, 2.75) is 6.54 Å². The maximum absolute atomic E-state index is 12.2. The average Bonchev–Trinajstić information content (AvgIpc) is 3.36. The molecule has 4 rings (SSSR count). The lowest BCUT2D eigenvalue weighted by Gasteiger charge is -1.96. The zero-order valence-corrected chi connectivity index (χ0v) is 13.0. The fourth-order valence-corrected chi connectivity index (χ4v) is 2.75. The van der Waals surface area contributed by atoms with Crippen molar-refractivity contribution in [1.82, 2.24) is 30.2 Å². The number of nitrogens with zero attached hydrogens (tertiary/aromatic N) is 5. The molecular formula is C14H11N7O2S. The lowest BCUT2D eigenvalue weighted by molar-refractivity contribution is 0.102. The van der Waals surface area contributed by atoms with Crippen molar-refractivity contribution < 1.29 is 9.21 Å². The minimum atomic E-state index is -0.426. The Morgan fingerprint density at radius 1 is 1.42 bits per heavy atom.